The van der Waals surface area contributed by atoms with Gasteiger partial charge in [0.25, 0.3) is 0 Å². The van der Waals surface area contributed by atoms with Crippen molar-refractivity contribution < 1.29 is 0 Å². The van der Waals surface area contributed by atoms with Crippen LogP contribution in [0.25, 0.3) is 11.2 Å². The molecule has 104 valence electrons. The fraction of sp³-hybridized carbons (Fsp3) is 0.600. The number of rotatable bonds is 6. The van der Waals surface area contributed by atoms with Gasteiger partial charge in [-0.05, 0) is 50.3 Å². The van der Waals surface area contributed by atoms with Crippen LogP contribution in [0.5, 0.6) is 0 Å². The highest BCUT2D eigenvalue weighted by Crippen LogP contribution is 2.21. The van der Waals surface area contributed by atoms with E-state index in [1.54, 1.807) is 0 Å². The number of nitrogens with one attached hydrogen (secondary N) is 1. The van der Waals surface area contributed by atoms with E-state index in [0.29, 0.717) is 11.8 Å². The molecule has 2 rings (SSSR count). The van der Waals surface area contributed by atoms with Crippen molar-refractivity contribution in [2.45, 2.75) is 40.0 Å². The molecule has 0 aliphatic carbocycles. The van der Waals surface area contributed by atoms with Gasteiger partial charge in [0.05, 0.1) is 5.52 Å². The lowest BCUT2D eigenvalue weighted by atomic mass is 9.88. The largest absolute Gasteiger partial charge is 0.341 e. The molecule has 4 heteroatoms. The van der Waals surface area contributed by atoms with Crippen LogP contribution in [-0.4, -0.2) is 21.5 Å². The number of aromatic amines is 1. The maximum absolute atomic E-state index is 5.68. The molecule has 0 aliphatic rings. The summed E-state index contributed by atoms with van der Waals surface area (Å²) in [7, 11) is 0. The molecular formula is C15H24N4. The molecule has 0 bridgehead atoms. The Kier molecular flexibility index (Phi) is 4.53. The van der Waals surface area contributed by atoms with Gasteiger partial charge in [-0.3, -0.25) is 0 Å². The van der Waals surface area contributed by atoms with E-state index in [2.05, 4.69) is 28.8 Å². The molecular weight excluding hydrogens is 236 g/mol. The minimum absolute atomic E-state index is 0.674. The van der Waals surface area contributed by atoms with E-state index in [9.17, 15) is 0 Å². The monoisotopic (exact) mass is 260 g/mol. The fourth-order valence-corrected chi connectivity index (χ4v) is 2.50. The molecule has 2 aromatic rings. The molecule has 2 aromatic heterocycles. The highest BCUT2D eigenvalue weighted by Gasteiger charge is 2.13. The Labute approximate surface area is 114 Å². The molecule has 0 amide bonds. The second kappa shape index (κ2) is 6.15. The van der Waals surface area contributed by atoms with Gasteiger partial charge < -0.3 is 10.7 Å². The second-order valence-corrected chi connectivity index (χ2v) is 5.63. The van der Waals surface area contributed by atoms with Crippen molar-refractivity contribution in [3.8, 4) is 0 Å². The Bertz CT molecular complexity index is 530. The average Bonchev–Trinajstić information content (AvgIpc) is 2.75. The van der Waals surface area contributed by atoms with E-state index in [4.69, 9.17) is 5.73 Å². The molecule has 0 fully saturated rings. The third-order valence-electron chi connectivity index (χ3n) is 3.77. The van der Waals surface area contributed by atoms with Crippen LogP contribution in [0.1, 0.15) is 38.2 Å². The third kappa shape index (κ3) is 3.53. The zero-order valence-electron chi connectivity index (χ0n) is 12.1. The van der Waals surface area contributed by atoms with Crippen molar-refractivity contribution in [1.82, 2.24) is 15.0 Å². The predicted molar refractivity (Wildman–Crippen MR) is 78.9 cm³/mol. The van der Waals surface area contributed by atoms with E-state index >= 15 is 0 Å². The molecule has 0 radical (unpaired) electrons. The van der Waals surface area contributed by atoms with Crippen LogP contribution in [0.15, 0.2) is 12.1 Å². The molecule has 1 atom stereocenters. The number of fused-ring (bicyclic) bond motifs is 1. The van der Waals surface area contributed by atoms with Crippen LogP contribution in [0.3, 0.4) is 0 Å². The smallest absolute Gasteiger partial charge is 0.177 e. The number of nitrogens with two attached hydrogens (primary N) is 1. The first-order valence-corrected chi connectivity index (χ1v) is 7.12. The summed E-state index contributed by atoms with van der Waals surface area (Å²) < 4.78 is 0. The normalized spacial score (nSPS) is 13.3. The molecule has 0 aromatic carbocycles. The van der Waals surface area contributed by atoms with Gasteiger partial charge in [0.15, 0.2) is 5.65 Å². The lowest BCUT2D eigenvalue weighted by molar-refractivity contribution is 0.339. The van der Waals surface area contributed by atoms with Gasteiger partial charge in [-0.25, -0.2) is 9.97 Å². The van der Waals surface area contributed by atoms with Crippen molar-refractivity contribution in [3.63, 3.8) is 0 Å². The number of nitrogens with zero attached hydrogens (tertiary/aromatic N) is 2. The first kappa shape index (κ1) is 14.0. The summed E-state index contributed by atoms with van der Waals surface area (Å²) in [4.78, 5) is 12.4. The van der Waals surface area contributed by atoms with Crippen LogP contribution < -0.4 is 5.73 Å². The molecule has 0 spiro atoms. The van der Waals surface area contributed by atoms with Gasteiger partial charge in [0.2, 0.25) is 0 Å². The van der Waals surface area contributed by atoms with Crippen molar-refractivity contribution in [1.29, 1.82) is 0 Å². The minimum atomic E-state index is 0.674. The Hall–Kier alpha value is -1.42. The second-order valence-electron chi connectivity index (χ2n) is 5.63. The molecule has 19 heavy (non-hydrogen) atoms. The van der Waals surface area contributed by atoms with Gasteiger partial charge in [-0.15, -0.1) is 0 Å². The molecule has 0 aliphatic heterocycles. The molecule has 2 heterocycles. The van der Waals surface area contributed by atoms with Crippen LogP contribution in [0.4, 0.5) is 0 Å². The number of hydrogen-bond acceptors (Lipinski definition) is 3. The first-order chi connectivity index (χ1) is 9.10. The summed E-state index contributed by atoms with van der Waals surface area (Å²) in [5.74, 6) is 2.39. The molecule has 1 unspecified atom stereocenters. The van der Waals surface area contributed by atoms with Crippen LogP contribution >= 0.6 is 0 Å². The van der Waals surface area contributed by atoms with Crippen LogP contribution in [-0.2, 0) is 6.42 Å². The number of aromatic nitrogens is 3. The van der Waals surface area contributed by atoms with E-state index in [-0.39, 0.29) is 0 Å². The van der Waals surface area contributed by atoms with Crippen LogP contribution in [0.2, 0.25) is 0 Å². The molecule has 0 saturated carbocycles. The van der Waals surface area contributed by atoms with Crippen molar-refractivity contribution >= 4 is 11.2 Å². The standard InChI is InChI=1S/C15H24N4/c1-10(2)12(8-9-16)5-7-14-18-13-6-4-11(3)17-15(13)19-14/h4,6,10,12H,5,7-9,16H2,1-3H3,(H,17,18,19). The summed E-state index contributed by atoms with van der Waals surface area (Å²) in [6, 6.07) is 4.06. The van der Waals surface area contributed by atoms with Gasteiger partial charge in [-0.2, -0.15) is 0 Å². The van der Waals surface area contributed by atoms with E-state index in [1.807, 2.05) is 19.1 Å². The Morgan fingerprint density at radius 1 is 1.21 bits per heavy atom. The number of imidazole rings is 1. The average molecular weight is 260 g/mol. The molecule has 0 saturated heterocycles. The third-order valence-corrected chi connectivity index (χ3v) is 3.77. The number of aryl methyl sites for hydroxylation is 2. The lowest BCUT2D eigenvalue weighted by Gasteiger charge is -2.19. The number of H-pyrrole nitrogens is 1. The Morgan fingerprint density at radius 2 is 2.00 bits per heavy atom. The summed E-state index contributed by atoms with van der Waals surface area (Å²) in [5, 5.41) is 0. The minimum Gasteiger partial charge on any atom is -0.341 e. The lowest BCUT2D eigenvalue weighted by Crippen LogP contribution is -2.15. The topological polar surface area (TPSA) is 67.6 Å². The Balaban J connectivity index is 2.04. The fourth-order valence-electron chi connectivity index (χ4n) is 2.50. The quantitative estimate of drug-likeness (QED) is 0.839. The molecule has 3 N–H and O–H groups in total. The van der Waals surface area contributed by atoms with E-state index < -0.39 is 0 Å². The van der Waals surface area contributed by atoms with Crippen LogP contribution in [0, 0.1) is 18.8 Å². The van der Waals surface area contributed by atoms with Gasteiger partial charge in [-0.1, -0.05) is 13.8 Å². The zero-order valence-corrected chi connectivity index (χ0v) is 12.1. The maximum atomic E-state index is 5.68. The van der Waals surface area contributed by atoms with Gasteiger partial charge in [0, 0.05) is 12.1 Å². The Morgan fingerprint density at radius 3 is 2.68 bits per heavy atom. The summed E-state index contributed by atoms with van der Waals surface area (Å²) in [5.41, 5.74) is 8.55. The highest BCUT2D eigenvalue weighted by atomic mass is 15.0. The van der Waals surface area contributed by atoms with Crippen molar-refractivity contribution in [2.24, 2.45) is 17.6 Å². The van der Waals surface area contributed by atoms with Crippen molar-refractivity contribution in [2.75, 3.05) is 6.54 Å². The van der Waals surface area contributed by atoms with Crippen molar-refractivity contribution in [3.05, 3.63) is 23.7 Å². The number of pyridine rings is 1. The first-order valence-electron chi connectivity index (χ1n) is 7.12. The highest BCUT2D eigenvalue weighted by molar-refractivity contribution is 5.70. The van der Waals surface area contributed by atoms with Gasteiger partial charge in [0.1, 0.15) is 5.82 Å². The maximum Gasteiger partial charge on any atom is 0.177 e. The molecule has 4 nitrogen and oxygen atoms in total. The predicted octanol–water partition coefficient (Wildman–Crippen LogP) is 2.82. The summed E-state index contributed by atoms with van der Waals surface area (Å²) in [6.07, 6.45) is 3.20. The SMILES string of the molecule is Cc1ccc2[nH]c(CCC(CCN)C(C)C)nc2n1. The summed E-state index contributed by atoms with van der Waals surface area (Å²) >= 11 is 0. The van der Waals surface area contributed by atoms with E-state index in [1.165, 1.54) is 0 Å². The van der Waals surface area contributed by atoms with E-state index in [0.717, 1.165) is 48.5 Å². The number of hydrogen-bond donors (Lipinski definition) is 2. The van der Waals surface area contributed by atoms with Gasteiger partial charge >= 0.3 is 0 Å². The summed E-state index contributed by atoms with van der Waals surface area (Å²) in [6.45, 7) is 7.29. The zero-order chi connectivity index (χ0) is 13.8.